The van der Waals surface area contributed by atoms with Crippen LogP contribution in [-0.4, -0.2) is 18.0 Å². The number of hydrogen-bond acceptors (Lipinski definition) is 2. The quantitative estimate of drug-likeness (QED) is 0.367. The summed E-state index contributed by atoms with van der Waals surface area (Å²) in [5, 5.41) is 6.27. The molecule has 4 aromatic rings. The predicted molar refractivity (Wildman–Crippen MR) is 135 cm³/mol. The Labute approximate surface area is 191 Å². The van der Waals surface area contributed by atoms with E-state index in [1.165, 1.54) is 59.0 Å². The second kappa shape index (κ2) is 10.1. The predicted octanol–water partition coefficient (Wildman–Crippen LogP) is 6.51. The Morgan fingerprint density at radius 2 is 1.34 bits per heavy atom. The molecule has 1 N–H and O–H groups in total. The highest BCUT2D eigenvalue weighted by Crippen LogP contribution is 2.28. The molecule has 1 aliphatic heterocycles. The topological polar surface area (TPSA) is 15.3 Å². The van der Waals surface area contributed by atoms with Crippen molar-refractivity contribution in [3.8, 4) is 0 Å². The Morgan fingerprint density at radius 1 is 0.656 bits per heavy atom. The first-order chi connectivity index (χ1) is 15.8. The second-order valence-electron chi connectivity index (χ2n) is 9.02. The molecule has 2 heteroatoms. The van der Waals surface area contributed by atoms with Crippen molar-refractivity contribution >= 4 is 10.8 Å². The van der Waals surface area contributed by atoms with Gasteiger partial charge < -0.3 is 5.32 Å². The maximum atomic E-state index is 3.62. The molecule has 0 aliphatic carbocycles. The van der Waals surface area contributed by atoms with Crippen molar-refractivity contribution in [2.24, 2.45) is 0 Å². The van der Waals surface area contributed by atoms with Crippen LogP contribution in [0.4, 0.5) is 0 Å². The lowest BCUT2D eigenvalue weighted by molar-refractivity contribution is 0.204. The fourth-order valence-corrected chi connectivity index (χ4v) is 4.96. The summed E-state index contributed by atoms with van der Waals surface area (Å²) in [6, 6.07) is 35.4. The zero-order valence-electron chi connectivity index (χ0n) is 18.7. The van der Waals surface area contributed by atoms with Crippen LogP contribution < -0.4 is 5.32 Å². The van der Waals surface area contributed by atoms with E-state index < -0.39 is 0 Å². The zero-order chi connectivity index (χ0) is 21.6. The Bertz CT molecular complexity index is 1120. The fraction of sp³-hybridized carbons (Fsp3) is 0.267. The average Bonchev–Trinajstić information content (AvgIpc) is 2.86. The summed E-state index contributed by atoms with van der Waals surface area (Å²) in [6.07, 6.45) is 2.53. The van der Waals surface area contributed by atoms with Gasteiger partial charge in [0.15, 0.2) is 0 Å². The maximum Gasteiger partial charge on any atom is 0.0233 e. The third-order valence-electron chi connectivity index (χ3n) is 6.81. The van der Waals surface area contributed by atoms with Crippen molar-refractivity contribution in [1.82, 2.24) is 10.2 Å². The van der Waals surface area contributed by atoms with Gasteiger partial charge in [-0.25, -0.2) is 0 Å². The first-order valence-corrected chi connectivity index (χ1v) is 11.9. The molecule has 2 nitrogen and oxygen atoms in total. The van der Waals surface area contributed by atoms with E-state index in [1.807, 2.05) is 0 Å². The monoisotopic (exact) mass is 420 g/mol. The molecule has 1 saturated heterocycles. The van der Waals surface area contributed by atoms with Crippen LogP contribution in [0.5, 0.6) is 0 Å². The van der Waals surface area contributed by atoms with E-state index in [4.69, 9.17) is 0 Å². The average molecular weight is 421 g/mol. The number of benzene rings is 4. The minimum Gasteiger partial charge on any atom is -0.309 e. The summed E-state index contributed by atoms with van der Waals surface area (Å²) >= 11 is 0. The normalized spacial score (nSPS) is 15.2. The van der Waals surface area contributed by atoms with Crippen LogP contribution in [0.25, 0.3) is 10.8 Å². The molecule has 0 radical (unpaired) electrons. The lowest BCUT2D eigenvalue weighted by Gasteiger charge is -2.32. The highest BCUT2D eigenvalue weighted by molar-refractivity contribution is 5.85. The van der Waals surface area contributed by atoms with Crippen molar-refractivity contribution in [3.05, 3.63) is 119 Å². The molecule has 0 saturated carbocycles. The summed E-state index contributed by atoms with van der Waals surface area (Å²) < 4.78 is 0. The second-order valence-corrected chi connectivity index (χ2v) is 9.02. The molecule has 4 aromatic carbocycles. The van der Waals surface area contributed by atoms with Crippen LogP contribution in [0.2, 0.25) is 0 Å². The molecule has 0 bridgehead atoms. The van der Waals surface area contributed by atoms with Crippen LogP contribution in [-0.2, 0) is 19.6 Å². The van der Waals surface area contributed by atoms with Gasteiger partial charge in [0.1, 0.15) is 0 Å². The van der Waals surface area contributed by atoms with Crippen LogP contribution in [0.3, 0.4) is 0 Å². The Hall–Kier alpha value is -2.94. The van der Waals surface area contributed by atoms with E-state index in [9.17, 15) is 0 Å². The standard InChI is InChI=1S/C30H32N2/c1-2-7-26(8-3-1)27-17-19-32(20-18-27)23-25-15-13-24(14-16-25)21-31-22-29-11-6-10-28-9-4-5-12-30(28)29/h1-16,27,31H,17-23H2. The SMILES string of the molecule is c1ccc(C2CCN(Cc3ccc(CNCc4cccc5ccccc45)cc3)CC2)cc1. The van der Waals surface area contributed by atoms with E-state index in [1.54, 1.807) is 0 Å². The van der Waals surface area contributed by atoms with Crippen molar-refractivity contribution in [2.75, 3.05) is 13.1 Å². The number of nitrogens with zero attached hydrogens (tertiary/aromatic N) is 1. The first kappa shape index (κ1) is 20.9. The van der Waals surface area contributed by atoms with Gasteiger partial charge in [0.2, 0.25) is 0 Å². The van der Waals surface area contributed by atoms with Gasteiger partial charge in [0.05, 0.1) is 0 Å². The van der Waals surface area contributed by atoms with Crippen LogP contribution in [0.1, 0.15) is 41.0 Å². The molecule has 0 unspecified atom stereocenters. The smallest absolute Gasteiger partial charge is 0.0233 e. The molecule has 162 valence electrons. The largest absolute Gasteiger partial charge is 0.309 e. The van der Waals surface area contributed by atoms with Gasteiger partial charge in [0, 0.05) is 19.6 Å². The van der Waals surface area contributed by atoms with Gasteiger partial charge in [0.25, 0.3) is 0 Å². The number of nitrogens with one attached hydrogen (secondary N) is 1. The van der Waals surface area contributed by atoms with E-state index >= 15 is 0 Å². The maximum absolute atomic E-state index is 3.62. The molecule has 1 aliphatic rings. The zero-order valence-corrected chi connectivity index (χ0v) is 18.7. The minimum atomic E-state index is 0.725. The first-order valence-electron chi connectivity index (χ1n) is 11.9. The minimum absolute atomic E-state index is 0.725. The Morgan fingerprint density at radius 3 is 2.16 bits per heavy atom. The molecule has 1 heterocycles. The van der Waals surface area contributed by atoms with Gasteiger partial charge in [-0.3, -0.25) is 4.90 Å². The molecule has 0 spiro atoms. The number of rotatable bonds is 7. The highest BCUT2D eigenvalue weighted by Gasteiger charge is 2.20. The highest BCUT2D eigenvalue weighted by atomic mass is 15.1. The molecule has 1 fully saturated rings. The number of piperidine rings is 1. The Balaban J connectivity index is 1.10. The molecular weight excluding hydrogens is 388 g/mol. The van der Waals surface area contributed by atoms with E-state index in [0.717, 1.165) is 25.6 Å². The summed E-state index contributed by atoms with van der Waals surface area (Å²) in [7, 11) is 0. The fourth-order valence-electron chi connectivity index (χ4n) is 4.96. The van der Waals surface area contributed by atoms with Crippen molar-refractivity contribution in [1.29, 1.82) is 0 Å². The number of hydrogen-bond donors (Lipinski definition) is 1. The summed E-state index contributed by atoms with van der Waals surface area (Å²) in [4.78, 5) is 2.60. The van der Waals surface area contributed by atoms with E-state index in [-0.39, 0.29) is 0 Å². The van der Waals surface area contributed by atoms with Crippen LogP contribution in [0.15, 0.2) is 97.1 Å². The Kier molecular flexibility index (Phi) is 6.62. The van der Waals surface area contributed by atoms with E-state index in [0.29, 0.717) is 0 Å². The van der Waals surface area contributed by atoms with Crippen molar-refractivity contribution < 1.29 is 0 Å². The molecule has 0 atom stereocenters. The third-order valence-corrected chi connectivity index (χ3v) is 6.81. The number of fused-ring (bicyclic) bond motifs is 1. The molecular formula is C30H32N2. The summed E-state index contributed by atoms with van der Waals surface area (Å²) in [5.41, 5.74) is 5.63. The van der Waals surface area contributed by atoms with Gasteiger partial charge >= 0.3 is 0 Å². The third kappa shape index (κ3) is 5.09. The summed E-state index contributed by atoms with van der Waals surface area (Å²) in [6.45, 7) is 5.22. The van der Waals surface area contributed by atoms with E-state index in [2.05, 4.69) is 107 Å². The lowest BCUT2D eigenvalue weighted by Crippen LogP contribution is -2.32. The molecule has 0 aromatic heterocycles. The molecule has 32 heavy (non-hydrogen) atoms. The summed E-state index contributed by atoms with van der Waals surface area (Å²) in [5.74, 6) is 0.725. The van der Waals surface area contributed by atoms with Crippen LogP contribution in [0, 0.1) is 0 Å². The van der Waals surface area contributed by atoms with Gasteiger partial charge in [-0.15, -0.1) is 0 Å². The molecule has 0 amide bonds. The molecule has 5 rings (SSSR count). The number of likely N-dealkylation sites (tertiary alicyclic amines) is 1. The van der Waals surface area contributed by atoms with Gasteiger partial charge in [-0.05, 0) is 64.9 Å². The van der Waals surface area contributed by atoms with Crippen LogP contribution >= 0.6 is 0 Å². The van der Waals surface area contributed by atoms with Gasteiger partial charge in [-0.1, -0.05) is 97.1 Å². The van der Waals surface area contributed by atoms with Gasteiger partial charge in [-0.2, -0.15) is 0 Å². The van der Waals surface area contributed by atoms with Crippen molar-refractivity contribution in [3.63, 3.8) is 0 Å². The lowest BCUT2D eigenvalue weighted by atomic mass is 9.89. The van der Waals surface area contributed by atoms with Crippen molar-refractivity contribution in [2.45, 2.75) is 38.4 Å².